The summed E-state index contributed by atoms with van der Waals surface area (Å²) in [6, 6.07) is 7.45. The molecule has 1 heterocycles. The molecule has 0 aliphatic carbocycles. The summed E-state index contributed by atoms with van der Waals surface area (Å²) < 4.78 is 25.6. The molecule has 0 aliphatic rings. The van der Waals surface area contributed by atoms with E-state index in [9.17, 15) is 8.42 Å². The summed E-state index contributed by atoms with van der Waals surface area (Å²) >= 11 is 2.17. The van der Waals surface area contributed by atoms with E-state index in [4.69, 9.17) is 5.14 Å². The summed E-state index contributed by atoms with van der Waals surface area (Å²) in [7, 11) is -3.89. The molecule has 6 nitrogen and oxygen atoms in total. The van der Waals surface area contributed by atoms with Gasteiger partial charge in [-0.15, -0.1) is 10.2 Å². The normalized spacial score (nSPS) is 12.1. The van der Waals surface area contributed by atoms with Gasteiger partial charge in [-0.05, 0) is 42.5 Å². The van der Waals surface area contributed by atoms with Gasteiger partial charge < -0.3 is 0 Å². The Kier molecular flexibility index (Phi) is 3.92. The largest absolute Gasteiger partial charge is 0.294 e. The number of rotatable bonds is 3. The average Bonchev–Trinajstić information content (AvgIpc) is 2.73. The van der Waals surface area contributed by atoms with Gasteiger partial charge in [0.15, 0.2) is 5.82 Å². The molecular weight excluding hydrogens is 379 g/mol. The van der Waals surface area contributed by atoms with Gasteiger partial charge in [0.25, 0.3) is 15.2 Å². The van der Waals surface area contributed by atoms with Crippen LogP contribution in [0.4, 0.5) is 0 Å². The van der Waals surface area contributed by atoms with Crippen LogP contribution in [0.1, 0.15) is 19.9 Å². The summed E-state index contributed by atoms with van der Waals surface area (Å²) in [4.78, 5) is 0. The quantitative estimate of drug-likeness (QED) is 0.807. The number of halogens is 1. The van der Waals surface area contributed by atoms with E-state index >= 15 is 0 Å². The van der Waals surface area contributed by atoms with Crippen molar-refractivity contribution in [3.63, 3.8) is 0 Å². The topological polar surface area (TPSA) is 90.9 Å². The van der Waals surface area contributed by atoms with E-state index in [1.807, 2.05) is 38.1 Å². The van der Waals surface area contributed by atoms with Gasteiger partial charge >= 0.3 is 0 Å². The fraction of sp³-hybridized carbons (Fsp3) is 0.273. The lowest BCUT2D eigenvalue weighted by Gasteiger charge is -2.13. The molecule has 19 heavy (non-hydrogen) atoms. The monoisotopic (exact) mass is 392 g/mol. The van der Waals surface area contributed by atoms with Crippen molar-refractivity contribution in [2.45, 2.75) is 25.0 Å². The van der Waals surface area contributed by atoms with Crippen LogP contribution in [0.25, 0.3) is 11.4 Å². The maximum Gasteiger partial charge on any atom is 0.273 e. The molecule has 0 atom stereocenters. The lowest BCUT2D eigenvalue weighted by Crippen LogP contribution is -2.20. The molecule has 1 aromatic heterocycles. The van der Waals surface area contributed by atoms with Crippen LogP contribution >= 0.6 is 22.6 Å². The molecule has 2 rings (SSSR count). The Morgan fingerprint density at radius 3 is 2.42 bits per heavy atom. The minimum Gasteiger partial charge on any atom is -0.294 e. The van der Waals surface area contributed by atoms with E-state index in [1.54, 1.807) is 0 Å². The van der Waals surface area contributed by atoms with Crippen molar-refractivity contribution >= 4 is 32.6 Å². The second-order valence-corrected chi connectivity index (χ2v) is 6.91. The highest BCUT2D eigenvalue weighted by Gasteiger charge is 2.24. The third-order valence-electron chi connectivity index (χ3n) is 2.55. The predicted molar refractivity (Wildman–Crippen MR) is 79.9 cm³/mol. The van der Waals surface area contributed by atoms with Crippen LogP contribution in [0.15, 0.2) is 29.4 Å². The molecule has 0 spiro atoms. The maximum atomic E-state index is 11.5. The maximum absolute atomic E-state index is 11.5. The Morgan fingerprint density at radius 2 is 1.89 bits per heavy atom. The molecule has 0 fully saturated rings. The molecule has 0 saturated carbocycles. The summed E-state index contributed by atoms with van der Waals surface area (Å²) in [6.45, 7) is 3.72. The molecule has 102 valence electrons. The first kappa shape index (κ1) is 14.4. The second kappa shape index (κ2) is 5.17. The Balaban J connectivity index is 2.74. The molecule has 0 unspecified atom stereocenters. The Bertz CT molecular complexity index is 709. The molecule has 8 heteroatoms. The summed E-state index contributed by atoms with van der Waals surface area (Å²) in [5.41, 5.74) is 0.833. The van der Waals surface area contributed by atoms with Crippen molar-refractivity contribution in [1.29, 1.82) is 0 Å². The van der Waals surface area contributed by atoms with Crippen LogP contribution in [0, 0.1) is 3.57 Å². The number of aromatic nitrogens is 3. The van der Waals surface area contributed by atoms with Crippen LogP contribution in [-0.4, -0.2) is 23.2 Å². The molecular formula is C11H13IN4O2S. The van der Waals surface area contributed by atoms with Gasteiger partial charge in [0.1, 0.15) is 0 Å². The minimum absolute atomic E-state index is 0.116. The van der Waals surface area contributed by atoms with Crippen molar-refractivity contribution in [3.8, 4) is 11.4 Å². The van der Waals surface area contributed by atoms with Gasteiger partial charge in [0, 0.05) is 15.2 Å². The van der Waals surface area contributed by atoms with Crippen molar-refractivity contribution < 1.29 is 8.42 Å². The number of sulfonamides is 1. The van der Waals surface area contributed by atoms with E-state index in [1.165, 1.54) is 4.57 Å². The van der Waals surface area contributed by atoms with E-state index in [2.05, 4.69) is 32.8 Å². The lowest BCUT2D eigenvalue weighted by molar-refractivity contribution is 0.524. The molecule has 2 aromatic rings. The third kappa shape index (κ3) is 2.79. The average molecular weight is 392 g/mol. The molecule has 2 N–H and O–H groups in total. The lowest BCUT2D eigenvalue weighted by atomic mass is 10.2. The fourth-order valence-electron chi connectivity index (χ4n) is 1.76. The molecule has 0 bridgehead atoms. The number of benzene rings is 1. The Morgan fingerprint density at radius 1 is 1.26 bits per heavy atom. The fourth-order valence-corrected chi connectivity index (χ4v) is 3.12. The van der Waals surface area contributed by atoms with E-state index in [0.717, 1.165) is 9.13 Å². The first-order chi connectivity index (χ1) is 8.82. The highest BCUT2D eigenvalue weighted by Crippen LogP contribution is 2.27. The molecule has 0 saturated heterocycles. The Labute approximate surface area is 125 Å². The van der Waals surface area contributed by atoms with Crippen molar-refractivity contribution in [2.75, 3.05) is 0 Å². The van der Waals surface area contributed by atoms with Gasteiger partial charge in [-0.25, -0.2) is 13.6 Å². The standard InChI is InChI=1S/C11H13IN4O2S/c1-7(2)16-10(8-5-3-4-6-9(8)12)14-15-11(16)19(13,17)18/h3-7H,1-2H3,(H2,13,17,18). The second-order valence-electron chi connectivity index (χ2n) is 4.29. The van der Waals surface area contributed by atoms with Crippen LogP contribution in [0.3, 0.4) is 0 Å². The molecule has 0 amide bonds. The zero-order chi connectivity index (χ0) is 14.2. The van der Waals surface area contributed by atoms with E-state index in [0.29, 0.717) is 5.82 Å². The van der Waals surface area contributed by atoms with Crippen molar-refractivity contribution in [3.05, 3.63) is 27.8 Å². The van der Waals surface area contributed by atoms with E-state index < -0.39 is 10.0 Å². The zero-order valence-electron chi connectivity index (χ0n) is 10.4. The van der Waals surface area contributed by atoms with Gasteiger partial charge in [0.2, 0.25) is 0 Å². The zero-order valence-corrected chi connectivity index (χ0v) is 13.4. The third-order valence-corrected chi connectivity index (χ3v) is 4.28. The van der Waals surface area contributed by atoms with Gasteiger partial charge in [-0.3, -0.25) is 4.57 Å². The first-order valence-corrected chi connectivity index (χ1v) is 8.17. The predicted octanol–water partition coefficient (Wildman–Crippen LogP) is 1.78. The van der Waals surface area contributed by atoms with Gasteiger partial charge in [-0.1, -0.05) is 18.2 Å². The summed E-state index contributed by atoms with van der Waals surface area (Å²) in [5.74, 6) is 0.504. The summed E-state index contributed by atoms with van der Waals surface area (Å²) in [6.07, 6.45) is 0. The summed E-state index contributed by atoms with van der Waals surface area (Å²) in [5, 5.41) is 12.7. The number of hydrogen-bond acceptors (Lipinski definition) is 4. The molecule has 1 aromatic carbocycles. The van der Waals surface area contributed by atoms with Crippen LogP contribution < -0.4 is 5.14 Å². The van der Waals surface area contributed by atoms with Crippen LogP contribution in [0.2, 0.25) is 0 Å². The van der Waals surface area contributed by atoms with Gasteiger partial charge in [0.05, 0.1) is 0 Å². The number of nitrogens with zero attached hydrogens (tertiary/aromatic N) is 3. The van der Waals surface area contributed by atoms with Crippen molar-refractivity contribution in [2.24, 2.45) is 5.14 Å². The smallest absolute Gasteiger partial charge is 0.273 e. The molecule has 0 aliphatic heterocycles. The van der Waals surface area contributed by atoms with Crippen LogP contribution in [0.5, 0.6) is 0 Å². The van der Waals surface area contributed by atoms with Crippen molar-refractivity contribution in [1.82, 2.24) is 14.8 Å². The van der Waals surface area contributed by atoms with E-state index in [-0.39, 0.29) is 11.2 Å². The van der Waals surface area contributed by atoms with Crippen LogP contribution in [-0.2, 0) is 10.0 Å². The number of hydrogen-bond donors (Lipinski definition) is 1. The molecule has 0 radical (unpaired) electrons. The Hall–Kier alpha value is -1.00. The number of nitrogens with two attached hydrogens (primary N) is 1. The highest BCUT2D eigenvalue weighted by atomic mass is 127. The number of primary sulfonamides is 1. The minimum atomic E-state index is -3.89. The SMILES string of the molecule is CC(C)n1c(-c2ccccc2I)nnc1S(N)(=O)=O. The first-order valence-electron chi connectivity index (χ1n) is 5.55. The van der Waals surface area contributed by atoms with Gasteiger partial charge in [-0.2, -0.15) is 0 Å². The highest BCUT2D eigenvalue weighted by molar-refractivity contribution is 14.1.